The predicted molar refractivity (Wildman–Crippen MR) is 94.2 cm³/mol. The molecule has 0 unspecified atom stereocenters. The van der Waals surface area contributed by atoms with Crippen molar-refractivity contribution in [3.05, 3.63) is 24.3 Å². The van der Waals surface area contributed by atoms with Crippen LogP contribution in [0, 0.1) is 0 Å². The first-order valence-electron chi connectivity index (χ1n) is 8.25. The monoisotopic (exact) mass is 346 g/mol. The minimum atomic E-state index is -0.104. The lowest BCUT2D eigenvalue weighted by atomic mass is 10.2. The largest absolute Gasteiger partial charge is 0.496 e. The highest BCUT2D eigenvalue weighted by molar-refractivity contribution is 8.00. The number of hydrogen-bond acceptors (Lipinski definition) is 5. The Hall–Kier alpha value is -2.02. The molecular formula is C17H22N4O2S. The third kappa shape index (κ3) is 3.40. The van der Waals surface area contributed by atoms with Crippen molar-refractivity contribution in [1.29, 1.82) is 0 Å². The molecule has 128 valence electrons. The summed E-state index contributed by atoms with van der Waals surface area (Å²) in [4.78, 5) is 12.2. The van der Waals surface area contributed by atoms with Crippen LogP contribution in [0.15, 0.2) is 29.4 Å². The van der Waals surface area contributed by atoms with Crippen molar-refractivity contribution >= 4 is 17.7 Å². The number of nitrogens with one attached hydrogen (secondary N) is 1. The number of benzene rings is 1. The van der Waals surface area contributed by atoms with Gasteiger partial charge < -0.3 is 14.6 Å². The van der Waals surface area contributed by atoms with Gasteiger partial charge in [0.05, 0.1) is 17.9 Å². The van der Waals surface area contributed by atoms with Gasteiger partial charge in [0.1, 0.15) is 5.75 Å². The molecule has 24 heavy (non-hydrogen) atoms. The van der Waals surface area contributed by atoms with Gasteiger partial charge >= 0.3 is 0 Å². The molecule has 0 radical (unpaired) electrons. The van der Waals surface area contributed by atoms with Gasteiger partial charge in [-0.2, -0.15) is 0 Å². The summed E-state index contributed by atoms with van der Waals surface area (Å²) in [6.07, 6.45) is 2.96. The fourth-order valence-corrected chi connectivity index (χ4v) is 4.00. The summed E-state index contributed by atoms with van der Waals surface area (Å²) < 4.78 is 7.48. The van der Waals surface area contributed by atoms with Crippen molar-refractivity contribution < 1.29 is 9.53 Å². The lowest BCUT2D eigenvalue weighted by Crippen LogP contribution is -2.30. The molecule has 1 saturated heterocycles. The summed E-state index contributed by atoms with van der Waals surface area (Å²) in [5.41, 5.74) is 0.909. The van der Waals surface area contributed by atoms with Crippen LogP contribution in [0.2, 0.25) is 0 Å². The Bertz CT molecular complexity index is 716. The number of carbonyl (C=O) groups is 1. The molecule has 0 aliphatic carbocycles. The topological polar surface area (TPSA) is 69.0 Å². The average molecular weight is 346 g/mol. The number of para-hydroxylation sites is 1. The highest BCUT2D eigenvalue weighted by Gasteiger charge is 2.25. The third-order valence-corrected chi connectivity index (χ3v) is 5.36. The fraction of sp³-hybridized carbons (Fsp3) is 0.471. The Morgan fingerprint density at radius 1 is 1.33 bits per heavy atom. The second kappa shape index (κ2) is 7.70. The van der Waals surface area contributed by atoms with Gasteiger partial charge in [-0.3, -0.25) is 4.79 Å². The number of ether oxygens (including phenoxy) is 1. The molecule has 0 bridgehead atoms. The van der Waals surface area contributed by atoms with E-state index in [9.17, 15) is 4.79 Å². The quantitative estimate of drug-likeness (QED) is 0.901. The molecule has 1 fully saturated rings. The molecule has 0 spiro atoms. The summed E-state index contributed by atoms with van der Waals surface area (Å²) in [5.74, 6) is 1.64. The van der Waals surface area contributed by atoms with Gasteiger partial charge in [-0.15, -0.1) is 10.2 Å². The van der Waals surface area contributed by atoms with E-state index in [2.05, 4.69) is 22.4 Å². The first kappa shape index (κ1) is 16.8. The van der Waals surface area contributed by atoms with Crippen molar-refractivity contribution in [2.45, 2.75) is 43.1 Å². The van der Waals surface area contributed by atoms with Crippen LogP contribution in [-0.4, -0.2) is 39.6 Å². The van der Waals surface area contributed by atoms with Gasteiger partial charge in [0, 0.05) is 13.1 Å². The molecule has 1 aromatic heterocycles. The highest BCUT2D eigenvalue weighted by atomic mass is 32.2. The molecule has 7 heteroatoms. The van der Waals surface area contributed by atoms with Gasteiger partial charge in [0.25, 0.3) is 0 Å². The number of nitrogens with zero attached hydrogens (tertiary/aromatic N) is 3. The van der Waals surface area contributed by atoms with Crippen molar-refractivity contribution in [3.8, 4) is 17.1 Å². The molecule has 1 N–H and O–H groups in total. The van der Waals surface area contributed by atoms with E-state index in [1.165, 1.54) is 11.8 Å². The van der Waals surface area contributed by atoms with E-state index in [-0.39, 0.29) is 11.2 Å². The van der Waals surface area contributed by atoms with Crippen LogP contribution in [0.4, 0.5) is 0 Å². The standard InChI is InChI=1S/C17H22N4O2S/c1-3-21-15(12-8-4-5-9-13(12)23-2)19-20-17(21)24-14-10-6-7-11-18-16(14)22/h4-5,8-9,14H,3,6-7,10-11H2,1-2H3,(H,18,22)/t14-/m1/s1. The Morgan fingerprint density at radius 2 is 2.17 bits per heavy atom. The summed E-state index contributed by atoms with van der Waals surface area (Å²) >= 11 is 1.50. The Kier molecular flexibility index (Phi) is 5.40. The molecule has 2 aromatic rings. The smallest absolute Gasteiger partial charge is 0.233 e. The molecule has 1 aliphatic heterocycles. The third-order valence-electron chi connectivity index (χ3n) is 4.11. The number of thioether (sulfide) groups is 1. The number of methoxy groups -OCH3 is 1. The number of aromatic nitrogens is 3. The van der Waals surface area contributed by atoms with Crippen molar-refractivity contribution in [2.75, 3.05) is 13.7 Å². The van der Waals surface area contributed by atoms with Crippen LogP contribution in [0.25, 0.3) is 11.4 Å². The number of hydrogen-bond donors (Lipinski definition) is 1. The van der Waals surface area contributed by atoms with Gasteiger partial charge in [-0.1, -0.05) is 30.3 Å². The fourth-order valence-electron chi connectivity index (χ4n) is 2.84. The van der Waals surface area contributed by atoms with E-state index in [1.54, 1.807) is 7.11 Å². The number of amides is 1. The predicted octanol–water partition coefficient (Wildman–Crippen LogP) is 2.73. The molecule has 1 aromatic carbocycles. The van der Waals surface area contributed by atoms with E-state index < -0.39 is 0 Å². The normalized spacial score (nSPS) is 18.1. The number of rotatable bonds is 5. The first-order valence-corrected chi connectivity index (χ1v) is 9.13. The maximum absolute atomic E-state index is 12.2. The van der Waals surface area contributed by atoms with Crippen molar-refractivity contribution in [1.82, 2.24) is 20.1 Å². The molecule has 3 rings (SSSR count). The van der Waals surface area contributed by atoms with E-state index in [4.69, 9.17) is 4.74 Å². The Morgan fingerprint density at radius 3 is 2.96 bits per heavy atom. The molecule has 6 nitrogen and oxygen atoms in total. The van der Waals surface area contributed by atoms with Crippen LogP contribution in [0.1, 0.15) is 26.2 Å². The van der Waals surface area contributed by atoms with E-state index in [1.807, 2.05) is 28.8 Å². The van der Waals surface area contributed by atoms with E-state index >= 15 is 0 Å². The zero-order chi connectivity index (χ0) is 16.9. The maximum atomic E-state index is 12.2. The average Bonchev–Trinajstić information content (AvgIpc) is 2.91. The second-order valence-corrected chi connectivity index (χ2v) is 6.81. The lowest BCUT2D eigenvalue weighted by Gasteiger charge is -2.14. The maximum Gasteiger partial charge on any atom is 0.233 e. The van der Waals surface area contributed by atoms with Gasteiger partial charge in [0.15, 0.2) is 11.0 Å². The van der Waals surface area contributed by atoms with Crippen LogP contribution in [0.5, 0.6) is 5.75 Å². The summed E-state index contributed by atoms with van der Waals surface area (Å²) in [5, 5.41) is 12.3. The summed E-state index contributed by atoms with van der Waals surface area (Å²) in [6.45, 7) is 3.55. The molecule has 1 aliphatic rings. The van der Waals surface area contributed by atoms with Gasteiger partial charge in [-0.25, -0.2) is 0 Å². The molecule has 2 heterocycles. The van der Waals surface area contributed by atoms with Crippen LogP contribution in [0.3, 0.4) is 0 Å². The lowest BCUT2D eigenvalue weighted by molar-refractivity contribution is -0.120. The zero-order valence-electron chi connectivity index (χ0n) is 14.0. The van der Waals surface area contributed by atoms with Crippen LogP contribution >= 0.6 is 11.8 Å². The van der Waals surface area contributed by atoms with Gasteiger partial charge in [0.2, 0.25) is 5.91 Å². The summed E-state index contributed by atoms with van der Waals surface area (Å²) in [6, 6.07) is 7.77. The van der Waals surface area contributed by atoms with Crippen LogP contribution < -0.4 is 10.1 Å². The van der Waals surface area contributed by atoms with Gasteiger partial charge in [-0.05, 0) is 31.9 Å². The van der Waals surface area contributed by atoms with E-state index in [0.29, 0.717) is 0 Å². The zero-order valence-corrected chi connectivity index (χ0v) is 14.8. The molecule has 0 saturated carbocycles. The van der Waals surface area contributed by atoms with Crippen molar-refractivity contribution in [3.63, 3.8) is 0 Å². The van der Waals surface area contributed by atoms with E-state index in [0.717, 1.165) is 54.6 Å². The SMILES string of the molecule is CCn1c(S[C@@H]2CCCCNC2=O)nnc1-c1ccccc1OC. The Labute approximate surface area is 146 Å². The minimum Gasteiger partial charge on any atom is -0.496 e. The van der Waals surface area contributed by atoms with Crippen molar-refractivity contribution in [2.24, 2.45) is 0 Å². The molecular weight excluding hydrogens is 324 g/mol. The minimum absolute atomic E-state index is 0.0991. The molecule has 1 atom stereocenters. The molecule has 1 amide bonds. The highest BCUT2D eigenvalue weighted by Crippen LogP contribution is 2.33. The van der Waals surface area contributed by atoms with Crippen LogP contribution in [-0.2, 0) is 11.3 Å². The number of carbonyl (C=O) groups excluding carboxylic acids is 1. The Balaban J connectivity index is 1.91. The summed E-state index contributed by atoms with van der Waals surface area (Å²) in [7, 11) is 1.65. The first-order chi connectivity index (χ1) is 11.7. The second-order valence-electron chi connectivity index (χ2n) is 5.64.